The van der Waals surface area contributed by atoms with Crippen LogP contribution >= 0.6 is 0 Å². The minimum absolute atomic E-state index is 0.461. The monoisotopic (exact) mass is 223 g/mol. The maximum absolute atomic E-state index is 5.82. The Balaban J connectivity index is 1.65. The van der Waals surface area contributed by atoms with Crippen LogP contribution < -0.4 is 5.32 Å². The fraction of sp³-hybridized carbons (Fsp3) is 0.750. The van der Waals surface area contributed by atoms with Gasteiger partial charge in [0.25, 0.3) is 0 Å². The summed E-state index contributed by atoms with van der Waals surface area (Å²) in [6.45, 7) is 4.84. The lowest BCUT2D eigenvalue weighted by Crippen LogP contribution is -2.36. The largest absolute Gasteiger partial charge is 0.373 e. The smallest absolute Gasteiger partial charge is 0.0751 e. The fourth-order valence-corrected chi connectivity index (χ4v) is 2.13. The van der Waals surface area contributed by atoms with Crippen molar-refractivity contribution in [2.75, 3.05) is 13.6 Å². The van der Waals surface area contributed by atoms with Crippen LogP contribution in [0.1, 0.15) is 25.3 Å². The first-order valence-corrected chi connectivity index (χ1v) is 6.09. The molecule has 16 heavy (non-hydrogen) atoms. The number of aromatic nitrogens is 2. The zero-order chi connectivity index (χ0) is 11.4. The van der Waals surface area contributed by atoms with Crippen molar-refractivity contribution < 1.29 is 4.74 Å². The van der Waals surface area contributed by atoms with Gasteiger partial charge in [-0.15, -0.1) is 0 Å². The van der Waals surface area contributed by atoms with Gasteiger partial charge in [-0.05, 0) is 39.3 Å². The van der Waals surface area contributed by atoms with Crippen LogP contribution in [-0.4, -0.2) is 29.5 Å². The molecule has 90 valence electrons. The summed E-state index contributed by atoms with van der Waals surface area (Å²) in [5.41, 5.74) is 1.18. The molecule has 0 spiro atoms. The summed E-state index contributed by atoms with van der Waals surface area (Å²) >= 11 is 0. The molecule has 1 saturated carbocycles. The van der Waals surface area contributed by atoms with Crippen molar-refractivity contribution >= 4 is 0 Å². The van der Waals surface area contributed by atoms with Crippen LogP contribution in [-0.2, 0) is 17.9 Å². The van der Waals surface area contributed by atoms with E-state index in [9.17, 15) is 0 Å². The molecule has 1 aliphatic carbocycles. The number of rotatable bonds is 6. The van der Waals surface area contributed by atoms with Crippen molar-refractivity contribution in [3.8, 4) is 0 Å². The Morgan fingerprint density at radius 2 is 2.38 bits per heavy atom. The highest BCUT2D eigenvalue weighted by Crippen LogP contribution is 2.29. The van der Waals surface area contributed by atoms with Gasteiger partial charge in [-0.3, -0.25) is 4.68 Å². The summed E-state index contributed by atoms with van der Waals surface area (Å²) in [7, 11) is 2.01. The van der Waals surface area contributed by atoms with Crippen molar-refractivity contribution in [1.29, 1.82) is 0 Å². The molecule has 0 unspecified atom stereocenters. The Labute approximate surface area is 97.0 Å². The molecular weight excluding hydrogens is 202 g/mol. The molecule has 0 amide bonds. The fourth-order valence-electron chi connectivity index (χ4n) is 2.13. The Kier molecular flexibility index (Phi) is 3.96. The quantitative estimate of drug-likeness (QED) is 0.792. The van der Waals surface area contributed by atoms with Gasteiger partial charge < -0.3 is 10.1 Å². The number of ether oxygens (including phenoxy) is 1. The molecule has 0 radical (unpaired) electrons. The molecule has 0 atom stereocenters. The van der Waals surface area contributed by atoms with E-state index in [-0.39, 0.29) is 0 Å². The van der Waals surface area contributed by atoms with E-state index in [1.54, 1.807) is 0 Å². The summed E-state index contributed by atoms with van der Waals surface area (Å²) in [5, 5.41) is 7.43. The van der Waals surface area contributed by atoms with E-state index in [4.69, 9.17) is 4.74 Å². The molecule has 0 bridgehead atoms. The first-order valence-electron chi connectivity index (χ1n) is 6.09. The minimum atomic E-state index is 0.461. The minimum Gasteiger partial charge on any atom is -0.373 e. The molecule has 0 aliphatic heterocycles. The van der Waals surface area contributed by atoms with E-state index < -0.39 is 0 Å². The SMILES string of the molecule is CCn1cc(COC2CC(CNC)C2)cn1. The number of nitrogens with zero attached hydrogens (tertiary/aromatic N) is 2. The van der Waals surface area contributed by atoms with Crippen molar-refractivity contribution in [2.45, 2.75) is 39.0 Å². The Morgan fingerprint density at radius 1 is 1.56 bits per heavy atom. The molecular formula is C12H21N3O. The van der Waals surface area contributed by atoms with Crippen LogP contribution in [0.4, 0.5) is 0 Å². The molecule has 2 rings (SSSR count). The zero-order valence-electron chi connectivity index (χ0n) is 10.1. The summed E-state index contributed by atoms with van der Waals surface area (Å²) in [6.07, 6.45) is 6.81. The van der Waals surface area contributed by atoms with Gasteiger partial charge in [-0.25, -0.2) is 0 Å². The molecule has 1 aromatic rings. The second-order valence-corrected chi connectivity index (χ2v) is 4.53. The van der Waals surface area contributed by atoms with E-state index in [0.29, 0.717) is 12.7 Å². The molecule has 4 heteroatoms. The van der Waals surface area contributed by atoms with Gasteiger partial charge >= 0.3 is 0 Å². The van der Waals surface area contributed by atoms with E-state index in [1.165, 1.54) is 18.4 Å². The molecule has 1 fully saturated rings. The van der Waals surface area contributed by atoms with Crippen molar-refractivity contribution in [3.63, 3.8) is 0 Å². The molecule has 1 N–H and O–H groups in total. The standard InChI is InChI=1S/C12H21N3O/c1-3-15-8-11(7-14-15)9-16-12-4-10(5-12)6-13-2/h7-8,10,12-13H,3-6,9H2,1-2H3. The first kappa shape index (κ1) is 11.6. The second kappa shape index (κ2) is 5.46. The Hall–Kier alpha value is -0.870. The lowest BCUT2D eigenvalue weighted by Gasteiger charge is -2.34. The summed E-state index contributed by atoms with van der Waals surface area (Å²) in [5.74, 6) is 0.813. The lowest BCUT2D eigenvalue weighted by molar-refractivity contribution is -0.0391. The summed E-state index contributed by atoms with van der Waals surface area (Å²) in [4.78, 5) is 0. The van der Waals surface area contributed by atoms with Crippen LogP contribution in [0.5, 0.6) is 0 Å². The normalized spacial score (nSPS) is 24.4. The Morgan fingerprint density at radius 3 is 3.00 bits per heavy atom. The predicted molar refractivity (Wildman–Crippen MR) is 63.1 cm³/mol. The predicted octanol–water partition coefficient (Wildman–Crippen LogP) is 1.42. The molecule has 1 heterocycles. The van der Waals surface area contributed by atoms with E-state index in [2.05, 4.69) is 23.5 Å². The maximum atomic E-state index is 5.82. The summed E-state index contributed by atoms with van der Waals surface area (Å²) < 4.78 is 7.75. The van der Waals surface area contributed by atoms with Gasteiger partial charge in [0.05, 0.1) is 18.9 Å². The van der Waals surface area contributed by atoms with Gasteiger partial charge in [0.2, 0.25) is 0 Å². The van der Waals surface area contributed by atoms with Crippen LogP contribution in [0.25, 0.3) is 0 Å². The highest BCUT2D eigenvalue weighted by Gasteiger charge is 2.28. The van der Waals surface area contributed by atoms with Gasteiger partial charge in [0.15, 0.2) is 0 Å². The number of hydrogen-bond acceptors (Lipinski definition) is 3. The third kappa shape index (κ3) is 2.83. The average Bonchev–Trinajstić information content (AvgIpc) is 2.69. The third-order valence-electron chi connectivity index (χ3n) is 3.18. The van der Waals surface area contributed by atoms with Crippen molar-refractivity contribution in [2.24, 2.45) is 5.92 Å². The average molecular weight is 223 g/mol. The number of hydrogen-bond donors (Lipinski definition) is 1. The molecule has 1 aliphatic rings. The third-order valence-corrected chi connectivity index (χ3v) is 3.18. The second-order valence-electron chi connectivity index (χ2n) is 4.53. The molecule has 0 saturated heterocycles. The van der Waals surface area contributed by atoms with Crippen molar-refractivity contribution in [3.05, 3.63) is 18.0 Å². The molecule has 0 aromatic carbocycles. The van der Waals surface area contributed by atoms with Gasteiger partial charge in [-0.2, -0.15) is 5.10 Å². The van der Waals surface area contributed by atoms with E-state index in [1.807, 2.05) is 17.9 Å². The van der Waals surface area contributed by atoms with Gasteiger partial charge in [-0.1, -0.05) is 0 Å². The van der Waals surface area contributed by atoms with Crippen molar-refractivity contribution in [1.82, 2.24) is 15.1 Å². The van der Waals surface area contributed by atoms with Crippen LogP contribution in [0, 0.1) is 5.92 Å². The van der Waals surface area contributed by atoms with Crippen LogP contribution in [0.15, 0.2) is 12.4 Å². The summed E-state index contributed by atoms with van der Waals surface area (Å²) in [6, 6.07) is 0. The maximum Gasteiger partial charge on any atom is 0.0751 e. The zero-order valence-corrected chi connectivity index (χ0v) is 10.1. The van der Waals surface area contributed by atoms with Gasteiger partial charge in [0, 0.05) is 18.3 Å². The van der Waals surface area contributed by atoms with E-state index >= 15 is 0 Å². The highest BCUT2D eigenvalue weighted by atomic mass is 16.5. The number of aryl methyl sites for hydroxylation is 1. The number of nitrogens with one attached hydrogen (secondary N) is 1. The lowest BCUT2D eigenvalue weighted by atomic mass is 9.82. The first-order chi connectivity index (χ1) is 7.81. The van der Waals surface area contributed by atoms with Gasteiger partial charge in [0.1, 0.15) is 0 Å². The van der Waals surface area contributed by atoms with E-state index in [0.717, 1.165) is 19.0 Å². The molecule has 1 aromatic heterocycles. The molecule has 4 nitrogen and oxygen atoms in total. The Bertz CT molecular complexity index is 318. The highest BCUT2D eigenvalue weighted by molar-refractivity contribution is 5.02. The van der Waals surface area contributed by atoms with Crippen LogP contribution in [0.3, 0.4) is 0 Å². The van der Waals surface area contributed by atoms with Crippen LogP contribution in [0.2, 0.25) is 0 Å². The topological polar surface area (TPSA) is 39.1 Å².